The Bertz CT molecular complexity index is 801. The Morgan fingerprint density at radius 1 is 0.480 bits per heavy atom. The molecule has 4 heteroatoms. The fourth-order valence-corrected chi connectivity index (χ4v) is 6.40. The fourth-order valence-electron chi connectivity index (χ4n) is 6.40. The van der Waals surface area contributed by atoms with Crippen LogP contribution in [0.1, 0.15) is 219 Å². The van der Waals surface area contributed by atoms with Gasteiger partial charge in [-0.05, 0) is 64.2 Å². The SMILES string of the molecule is CCCCC/C=C\C/C=C\CCCCCCCCCCCC(=O)NC(CO)C(O)/C=C/CC/C=C/CCCCCCCCCCCCCCC. The minimum atomic E-state index is -0.864. The molecule has 0 radical (unpaired) electrons. The third kappa shape index (κ3) is 37.6. The maximum atomic E-state index is 12.4. The third-order valence-corrected chi connectivity index (χ3v) is 9.78. The zero-order valence-corrected chi connectivity index (χ0v) is 33.4. The van der Waals surface area contributed by atoms with Crippen LogP contribution < -0.4 is 5.32 Å². The molecule has 3 N–H and O–H groups in total. The van der Waals surface area contributed by atoms with Crippen molar-refractivity contribution in [1.29, 1.82) is 0 Å². The molecule has 2 atom stereocenters. The van der Waals surface area contributed by atoms with Crippen LogP contribution in [-0.2, 0) is 4.79 Å². The molecule has 0 aromatic rings. The van der Waals surface area contributed by atoms with Gasteiger partial charge in [0.15, 0.2) is 0 Å². The van der Waals surface area contributed by atoms with Crippen molar-refractivity contribution in [3.8, 4) is 0 Å². The monoisotopic (exact) mass is 700 g/mol. The zero-order chi connectivity index (χ0) is 36.4. The highest BCUT2D eigenvalue weighted by molar-refractivity contribution is 5.76. The van der Waals surface area contributed by atoms with E-state index in [4.69, 9.17) is 0 Å². The van der Waals surface area contributed by atoms with Gasteiger partial charge in [-0.2, -0.15) is 0 Å². The molecule has 0 aromatic carbocycles. The first-order valence-corrected chi connectivity index (χ1v) is 21.9. The molecule has 0 heterocycles. The van der Waals surface area contributed by atoms with Crippen molar-refractivity contribution in [3.05, 3.63) is 48.6 Å². The lowest BCUT2D eigenvalue weighted by Crippen LogP contribution is -2.45. The number of aliphatic hydroxyl groups is 2. The predicted octanol–water partition coefficient (Wildman–Crippen LogP) is 13.6. The van der Waals surface area contributed by atoms with Crippen LogP contribution in [0, 0.1) is 0 Å². The lowest BCUT2D eigenvalue weighted by Gasteiger charge is -2.19. The standard InChI is InChI=1S/C46H85NO3/c1-3-5-7-9-11-13-15-17-19-21-23-25-27-29-31-33-35-37-39-41-45(49)44(43-48)47-46(50)42-40-38-36-34-32-30-28-26-24-22-20-18-16-14-12-10-8-6-4-2/h12,14,18,20,31,33,39,41,44-45,48-49H,3-11,13,15-17,19,21-30,32,34-38,40,42-43H2,1-2H3,(H,47,50)/b14-12-,20-18-,33-31+,41-39+. The maximum Gasteiger partial charge on any atom is 0.220 e. The summed E-state index contributed by atoms with van der Waals surface area (Å²) in [4.78, 5) is 12.4. The number of amides is 1. The molecule has 292 valence electrons. The number of allylic oxidation sites excluding steroid dienone is 7. The van der Waals surface area contributed by atoms with Gasteiger partial charge in [-0.15, -0.1) is 0 Å². The Morgan fingerprint density at radius 2 is 0.840 bits per heavy atom. The van der Waals surface area contributed by atoms with E-state index in [0.29, 0.717) is 6.42 Å². The topological polar surface area (TPSA) is 69.6 Å². The lowest BCUT2D eigenvalue weighted by molar-refractivity contribution is -0.123. The summed E-state index contributed by atoms with van der Waals surface area (Å²) in [5.74, 6) is -0.0790. The summed E-state index contributed by atoms with van der Waals surface area (Å²) < 4.78 is 0. The quantitative estimate of drug-likeness (QED) is 0.0442. The fraction of sp³-hybridized carbons (Fsp3) is 0.804. The van der Waals surface area contributed by atoms with E-state index >= 15 is 0 Å². The molecule has 50 heavy (non-hydrogen) atoms. The number of aliphatic hydroxyl groups excluding tert-OH is 2. The van der Waals surface area contributed by atoms with Gasteiger partial charge in [0.2, 0.25) is 5.91 Å². The van der Waals surface area contributed by atoms with E-state index in [2.05, 4.69) is 55.6 Å². The van der Waals surface area contributed by atoms with Gasteiger partial charge in [0.05, 0.1) is 18.8 Å². The van der Waals surface area contributed by atoms with Gasteiger partial charge in [0.25, 0.3) is 0 Å². The number of unbranched alkanes of at least 4 members (excludes halogenated alkanes) is 26. The zero-order valence-electron chi connectivity index (χ0n) is 33.4. The summed E-state index contributed by atoms with van der Waals surface area (Å²) in [5.41, 5.74) is 0. The Labute approximate surface area is 312 Å². The second-order valence-corrected chi connectivity index (χ2v) is 14.8. The summed E-state index contributed by atoms with van der Waals surface area (Å²) in [6, 6.07) is -0.641. The van der Waals surface area contributed by atoms with Crippen LogP contribution in [0.4, 0.5) is 0 Å². The van der Waals surface area contributed by atoms with Gasteiger partial charge in [0.1, 0.15) is 0 Å². The Hall–Kier alpha value is -1.65. The first kappa shape index (κ1) is 48.3. The normalized spacial score (nSPS) is 13.4. The number of hydrogen-bond acceptors (Lipinski definition) is 3. The van der Waals surface area contributed by atoms with Gasteiger partial charge < -0.3 is 15.5 Å². The average Bonchev–Trinajstić information content (AvgIpc) is 3.12. The number of rotatable bonds is 39. The molecular weight excluding hydrogens is 615 g/mol. The first-order valence-electron chi connectivity index (χ1n) is 21.9. The highest BCUT2D eigenvalue weighted by Gasteiger charge is 2.17. The first-order chi connectivity index (χ1) is 24.7. The molecule has 0 aromatic heterocycles. The molecular formula is C46H85NO3. The third-order valence-electron chi connectivity index (χ3n) is 9.78. The van der Waals surface area contributed by atoms with E-state index < -0.39 is 12.1 Å². The summed E-state index contributed by atoms with van der Waals surface area (Å²) in [5, 5.41) is 23.0. The van der Waals surface area contributed by atoms with Gasteiger partial charge in [-0.1, -0.05) is 197 Å². The van der Waals surface area contributed by atoms with Crippen molar-refractivity contribution in [1.82, 2.24) is 5.32 Å². The van der Waals surface area contributed by atoms with Crippen LogP contribution in [-0.4, -0.2) is 34.9 Å². The van der Waals surface area contributed by atoms with Gasteiger partial charge in [-0.25, -0.2) is 0 Å². The van der Waals surface area contributed by atoms with Crippen LogP contribution in [0.25, 0.3) is 0 Å². The van der Waals surface area contributed by atoms with Gasteiger partial charge >= 0.3 is 0 Å². The molecule has 0 rings (SSSR count). The second-order valence-electron chi connectivity index (χ2n) is 14.8. The van der Waals surface area contributed by atoms with E-state index in [1.54, 1.807) is 6.08 Å². The highest BCUT2D eigenvalue weighted by Crippen LogP contribution is 2.14. The van der Waals surface area contributed by atoms with Crippen LogP contribution in [0.3, 0.4) is 0 Å². The van der Waals surface area contributed by atoms with E-state index in [1.807, 2.05) is 6.08 Å². The molecule has 0 saturated carbocycles. The number of nitrogens with one attached hydrogen (secondary N) is 1. The molecule has 0 aliphatic rings. The summed E-state index contributed by atoms with van der Waals surface area (Å²) >= 11 is 0. The highest BCUT2D eigenvalue weighted by atomic mass is 16.3. The van der Waals surface area contributed by atoms with Crippen molar-refractivity contribution >= 4 is 5.91 Å². The molecule has 0 spiro atoms. The van der Waals surface area contributed by atoms with Gasteiger partial charge in [-0.3, -0.25) is 4.79 Å². The molecule has 0 aliphatic heterocycles. The second kappa shape index (κ2) is 41.8. The smallest absolute Gasteiger partial charge is 0.220 e. The maximum absolute atomic E-state index is 12.4. The molecule has 0 aliphatic carbocycles. The van der Waals surface area contributed by atoms with E-state index in [0.717, 1.165) is 38.5 Å². The van der Waals surface area contributed by atoms with Crippen molar-refractivity contribution in [2.45, 2.75) is 231 Å². The van der Waals surface area contributed by atoms with Crippen molar-refractivity contribution in [2.75, 3.05) is 6.61 Å². The molecule has 2 unspecified atom stereocenters. The lowest BCUT2D eigenvalue weighted by atomic mass is 10.0. The number of carbonyl (C=O) groups is 1. The summed E-state index contributed by atoms with van der Waals surface area (Å²) in [6.07, 6.45) is 56.4. The summed E-state index contributed by atoms with van der Waals surface area (Å²) in [6.45, 7) is 4.27. The molecule has 0 bridgehead atoms. The largest absolute Gasteiger partial charge is 0.394 e. The van der Waals surface area contributed by atoms with Crippen molar-refractivity contribution < 1.29 is 15.0 Å². The molecule has 0 saturated heterocycles. The number of hydrogen-bond donors (Lipinski definition) is 3. The van der Waals surface area contributed by atoms with Crippen molar-refractivity contribution in [3.63, 3.8) is 0 Å². The van der Waals surface area contributed by atoms with Crippen LogP contribution >= 0.6 is 0 Å². The van der Waals surface area contributed by atoms with Crippen LogP contribution in [0.5, 0.6) is 0 Å². The minimum Gasteiger partial charge on any atom is -0.394 e. The minimum absolute atomic E-state index is 0.0790. The van der Waals surface area contributed by atoms with Crippen LogP contribution in [0.2, 0.25) is 0 Å². The average molecular weight is 700 g/mol. The summed E-state index contributed by atoms with van der Waals surface area (Å²) in [7, 11) is 0. The molecule has 1 amide bonds. The van der Waals surface area contributed by atoms with Gasteiger partial charge in [0, 0.05) is 6.42 Å². The molecule has 4 nitrogen and oxygen atoms in total. The predicted molar refractivity (Wildman–Crippen MR) is 221 cm³/mol. The van der Waals surface area contributed by atoms with E-state index in [1.165, 1.54) is 161 Å². The Morgan fingerprint density at radius 3 is 1.32 bits per heavy atom. The van der Waals surface area contributed by atoms with Crippen LogP contribution in [0.15, 0.2) is 48.6 Å². The molecule has 0 fully saturated rings. The Balaban J connectivity index is 3.63. The van der Waals surface area contributed by atoms with E-state index in [9.17, 15) is 15.0 Å². The number of carbonyl (C=O) groups excluding carboxylic acids is 1. The Kier molecular flexibility index (Phi) is 40.4. The van der Waals surface area contributed by atoms with Crippen molar-refractivity contribution in [2.24, 2.45) is 0 Å². The van der Waals surface area contributed by atoms with E-state index in [-0.39, 0.29) is 12.5 Å².